The molecule has 0 bridgehead atoms. The van der Waals surface area contributed by atoms with E-state index in [1.54, 1.807) is 7.11 Å². The Morgan fingerprint density at radius 1 is 1.25 bits per heavy atom. The summed E-state index contributed by atoms with van der Waals surface area (Å²) in [4.78, 5) is 8.93. The van der Waals surface area contributed by atoms with Crippen LogP contribution in [-0.4, -0.2) is 17.1 Å². The van der Waals surface area contributed by atoms with Crippen molar-refractivity contribution in [3.63, 3.8) is 0 Å². The summed E-state index contributed by atoms with van der Waals surface area (Å²) in [6.45, 7) is 2.11. The lowest BCUT2D eigenvalue weighted by molar-refractivity contribution is 0.410. The van der Waals surface area contributed by atoms with Gasteiger partial charge >= 0.3 is 0 Å². The molecule has 5 heteroatoms. The second kappa shape index (κ2) is 7.04. The fourth-order valence-corrected chi connectivity index (χ4v) is 2.59. The summed E-state index contributed by atoms with van der Waals surface area (Å²) < 4.78 is 6.15. The van der Waals surface area contributed by atoms with Crippen LogP contribution in [0.15, 0.2) is 28.7 Å². The molecular weight excluding hydrogens is 340 g/mol. The molecule has 0 saturated heterocycles. The van der Waals surface area contributed by atoms with Crippen LogP contribution in [0.5, 0.6) is 5.75 Å². The van der Waals surface area contributed by atoms with Gasteiger partial charge in [-0.15, -0.1) is 0 Å². The SMILES string of the molecule is CCCc1nc(Cc2ccccc2OC)nc(Cl)c1Br. The van der Waals surface area contributed by atoms with Crippen LogP contribution < -0.4 is 4.74 Å². The predicted molar refractivity (Wildman–Crippen MR) is 84.5 cm³/mol. The van der Waals surface area contributed by atoms with E-state index in [9.17, 15) is 0 Å². The van der Waals surface area contributed by atoms with E-state index in [-0.39, 0.29) is 0 Å². The smallest absolute Gasteiger partial charge is 0.147 e. The van der Waals surface area contributed by atoms with Gasteiger partial charge in [-0.2, -0.15) is 0 Å². The van der Waals surface area contributed by atoms with Gasteiger partial charge in [0.1, 0.15) is 16.7 Å². The van der Waals surface area contributed by atoms with Crippen molar-refractivity contribution in [3.05, 3.63) is 51.0 Å². The number of rotatable bonds is 5. The number of aryl methyl sites for hydroxylation is 1. The number of nitrogens with zero attached hydrogens (tertiary/aromatic N) is 2. The van der Waals surface area contributed by atoms with Crippen molar-refractivity contribution in [2.24, 2.45) is 0 Å². The second-order valence-corrected chi connectivity index (χ2v) is 5.58. The number of para-hydroxylation sites is 1. The number of benzene rings is 1. The first kappa shape index (κ1) is 15.3. The first-order valence-corrected chi connectivity index (χ1v) is 7.65. The minimum atomic E-state index is 0.466. The Hall–Kier alpha value is -1.13. The Morgan fingerprint density at radius 3 is 2.70 bits per heavy atom. The lowest BCUT2D eigenvalue weighted by Gasteiger charge is -2.10. The van der Waals surface area contributed by atoms with E-state index >= 15 is 0 Å². The summed E-state index contributed by atoms with van der Waals surface area (Å²) >= 11 is 9.61. The zero-order valence-corrected chi connectivity index (χ0v) is 13.8. The van der Waals surface area contributed by atoms with Crippen LogP contribution in [0, 0.1) is 0 Å². The number of ether oxygens (including phenoxy) is 1. The monoisotopic (exact) mass is 354 g/mol. The molecule has 0 aliphatic heterocycles. The molecule has 0 unspecified atom stereocenters. The molecule has 0 atom stereocenters. The average Bonchev–Trinajstić information content (AvgIpc) is 2.45. The molecule has 20 heavy (non-hydrogen) atoms. The molecular formula is C15H16BrClN2O. The summed E-state index contributed by atoms with van der Waals surface area (Å²) in [5.74, 6) is 1.55. The van der Waals surface area contributed by atoms with E-state index in [4.69, 9.17) is 16.3 Å². The highest BCUT2D eigenvalue weighted by molar-refractivity contribution is 9.10. The maximum Gasteiger partial charge on any atom is 0.147 e. The van der Waals surface area contributed by atoms with Gasteiger partial charge in [-0.3, -0.25) is 0 Å². The van der Waals surface area contributed by atoms with Crippen molar-refractivity contribution in [1.82, 2.24) is 9.97 Å². The van der Waals surface area contributed by atoms with Gasteiger partial charge in [-0.05, 0) is 28.4 Å². The van der Waals surface area contributed by atoms with Crippen LogP contribution in [0.2, 0.25) is 5.15 Å². The molecule has 0 N–H and O–H groups in total. The number of halogens is 2. The van der Waals surface area contributed by atoms with Gasteiger partial charge in [0.05, 0.1) is 17.3 Å². The van der Waals surface area contributed by atoms with Crippen LogP contribution in [0.4, 0.5) is 0 Å². The lowest BCUT2D eigenvalue weighted by atomic mass is 10.1. The Kier molecular flexibility index (Phi) is 5.38. The molecule has 0 spiro atoms. The first-order chi connectivity index (χ1) is 9.65. The van der Waals surface area contributed by atoms with Crippen molar-refractivity contribution in [1.29, 1.82) is 0 Å². The highest BCUT2D eigenvalue weighted by atomic mass is 79.9. The van der Waals surface area contributed by atoms with E-state index in [0.29, 0.717) is 17.4 Å². The van der Waals surface area contributed by atoms with Gasteiger partial charge in [-0.25, -0.2) is 9.97 Å². The molecule has 0 fully saturated rings. The van der Waals surface area contributed by atoms with Gasteiger partial charge in [0, 0.05) is 12.0 Å². The highest BCUT2D eigenvalue weighted by Crippen LogP contribution is 2.26. The minimum absolute atomic E-state index is 0.466. The van der Waals surface area contributed by atoms with E-state index in [1.807, 2.05) is 24.3 Å². The predicted octanol–water partition coefficient (Wildman–Crippen LogP) is 4.44. The Morgan fingerprint density at radius 2 is 2.00 bits per heavy atom. The van der Waals surface area contributed by atoms with Crippen molar-refractivity contribution >= 4 is 27.5 Å². The molecule has 2 aromatic rings. The van der Waals surface area contributed by atoms with Gasteiger partial charge in [0.25, 0.3) is 0 Å². The molecule has 106 valence electrons. The zero-order chi connectivity index (χ0) is 14.5. The van der Waals surface area contributed by atoms with Crippen molar-refractivity contribution in [3.8, 4) is 5.75 Å². The fourth-order valence-electron chi connectivity index (χ4n) is 2.01. The molecule has 0 aliphatic carbocycles. The standard InChI is InChI=1S/C15H16BrClN2O/c1-3-6-11-14(16)15(17)19-13(18-11)9-10-7-4-5-8-12(10)20-2/h4-5,7-8H,3,6,9H2,1-2H3. The summed E-state index contributed by atoms with van der Waals surface area (Å²) in [7, 11) is 1.66. The first-order valence-electron chi connectivity index (χ1n) is 6.48. The summed E-state index contributed by atoms with van der Waals surface area (Å²) in [6, 6.07) is 7.87. The zero-order valence-electron chi connectivity index (χ0n) is 11.5. The molecule has 1 aromatic carbocycles. The summed E-state index contributed by atoms with van der Waals surface area (Å²) in [5, 5.41) is 0.466. The maximum atomic E-state index is 6.17. The van der Waals surface area contributed by atoms with Gasteiger partial charge < -0.3 is 4.74 Å². The maximum absolute atomic E-state index is 6.17. The fraction of sp³-hybridized carbons (Fsp3) is 0.333. The summed E-state index contributed by atoms with van der Waals surface area (Å²) in [6.07, 6.45) is 2.50. The Bertz CT molecular complexity index is 604. The molecule has 1 aromatic heterocycles. The largest absolute Gasteiger partial charge is 0.496 e. The highest BCUT2D eigenvalue weighted by Gasteiger charge is 2.12. The summed E-state index contributed by atoms with van der Waals surface area (Å²) in [5.41, 5.74) is 2.01. The second-order valence-electron chi connectivity index (χ2n) is 4.43. The van der Waals surface area contributed by atoms with Crippen LogP contribution in [0.25, 0.3) is 0 Å². The molecule has 0 aliphatic rings. The third kappa shape index (κ3) is 3.49. The quantitative estimate of drug-likeness (QED) is 0.744. The van der Waals surface area contributed by atoms with Crippen LogP contribution >= 0.6 is 27.5 Å². The van der Waals surface area contributed by atoms with E-state index < -0.39 is 0 Å². The van der Waals surface area contributed by atoms with Gasteiger partial charge in [-0.1, -0.05) is 43.1 Å². The van der Waals surface area contributed by atoms with Crippen LogP contribution in [0.1, 0.15) is 30.4 Å². The van der Waals surface area contributed by atoms with Crippen molar-refractivity contribution in [2.45, 2.75) is 26.2 Å². The van der Waals surface area contributed by atoms with E-state index in [1.165, 1.54) is 0 Å². The molecule has 1 heterocycles. The number of hydrogen-bond donors (Lipinski definition) is 0. The Labute approximate surface area is 132 Å². The average molecular weight is 356 g/mol. The number of aromatic nitrogens is 2. The van der Waals surface area contributed by atoms with Gasteiger partial charge in [0.15, 0.2) is 0 Å². The van der Waals surface area contributed by atoms with Crippen LogP contribution in [-0.2, 0) is 12.8 Å². The topological polar surface area (TPSA) is 35.0 Å². The van der Waals surface area contributed by atoms with E-state index in [2.05, 4.69) is 32.8 Å². The number of hydrogen-bond acceptors (Lipinski definition) is 3. The molecule has 0 saturated carbocycles. The number of methoxy groups -OCH3 is 1. The third-order valence-corrected chi connectivity index (χ3v) is 4.29. The molecule has 3 nitrogen and oxygen atoms in total. The Balaban J connectivity index is 2.34. The van der Waals surface area contributed by atoms with Gasteiger partial charge in [0.2, 0.25) is 0 Å². The molecule has 0 amide bonds. The molecule has 0 radical (unpaired) electrons. The van der Waals surface area contributed by atoms with Crippen molar-refractivity contribution in [2.75, 3.05) is 7.11 Å². The van der Waals surface area contributed by atoms with Crippen molar-refractivity contribution < 1.29 is 4.74 Å². The van der Waals surface area contributed by atoms with Crippen LogP contribution in [0.3, 0.4) is 0 Å². The normalized spacial score (nSPS) is 10.6. The lowest BCUT2D eigenvalue weighted by Crippen LogP contribution is -2.03. The molecule has 2 rings (SSSR count). The minimum Gasteiger partial charge on any atom is -0.496 e. The van der Waals surface area contributed by atoms with E-state index in [0.717, 1.165) is 34.3 Å². The third-order valence-electron chi connectivity index (χ3n) is 2.95.